The van der Waals surface area contributed by atoms with Crippen molar-refractivity contribution in [3.8, 4) is 0 Å². The van der Waals surface area contributed by atoms with E-state index in [1.165, 1.54) is 0 Å². The Morgan fingerprint density at radius 1 is 1.10 bits per heavy atom. The highest BCUT2D eigenvalue weighted by molar-refractivity contribution is 9.10. The second kappa shape index (κ2) is 6.92. The molecule has 0 aliphatic heterocycles. The number of aliphatic hydroxyl groups is 1. The Labute approximate surface area is 136 Å². The highest BCUT2D eigenvalue weighted by Crippen LogP contribution is 2.35. The fourth-order valence-corrected chi connectivity index (χ4v) is 2.79. The minimum Gasteiger partial charge on any atom is -0.388 e. The zero-order chi connectivity index (χ0) is 14.7. The number of rotatable bonds is 4. The second-order valence-electron chi connectivity index (χ2n) is 4.50. The number of benzene rings is 2. The lowest BCUT2D eigenvalue weighted by Gasteiger charge is -2.23. The second-order valence-corrected chi connectivity index (χ2v) is 6.26. The molecule has 20 heavy (non-hydrogen) atoms. The van der Waals surface area contributed by atoms with Crippen LogP contribution in [0.1, 0.15) is 23.1 Å². The highest BCUT2D eigenvalue weighted by Gasteiger charge is 2.23. The van der Waals surface area contributed by atoms with E-state index in [1.54, 1.807) is 18.2 Å². The minimum absolute atomic E-state index is 0.237. The van der Waals surface area contributed by atoms with Gasteiger partial charge in [-0.15, -0.1) is 0 Å². The maximum Gasteiger partial charge on any atom is 0.0885 e. The van der Waals surface area contributed by atoms with Crippen LogP contribution in [-0.4, -0.2) is 11.7 Å². The Morgan fingerprint density at radius 2 is 1.75 bits per heavy atom. The van der Waals surface area contributed by atoms with E-state index in [9.17, 15) is 5.11 Å². The maximum absolute atomic E-state index is 10.6. The lowest BCUT2D eigenvalue weighted by molar-refractivity contribution is 0.147. The molecule has 2 unspecified atom stereocenters. The molecule has 0 spiro atoms. The van der Waals surface area contributed by atoms with E-state index in [0.717, 1.165) is 10.0 Å². The standard InChI is InChI=1S/C15H14BrCl2NO/c16-10-3-1-9(2-4-10)13(8-19)15(20)12-7-11(17)5-6-14(12)18/h1-7,13,15,20H,8,19H2. The minimum atomic E-state index is -0.799. The fourth-order valence-electron chi connectivity index (χ4n) is 2.12. The van der Waals surface area contributed by atoms with E-state index in [0.29, 0.717) is 22.2 Å². The molecule has 0 heterocycles. The summed E-state index contributed by atoms with van der Waals surface area (Å²) in [5, 5.41) is 11.6. The topological polar surface area (TPSA) is 46.2 Å². The van der Waals surface area contributed by atoms with Gasteiger partial charge in [0.2, 0.25) is 0 Å². The van der Waals surface area contributed by atoms with E-state index in [4.69, 9.17) is 28.9 Å². The van der Waals surface area contributed by atoms with Crippen LogP contribution >= 0.6 is 39.1 Å². The zero-order valence-electron chi connectivity index (χ0n) is 10.6. The summed E-state index contributed by atoms with van der Waals surface area (Å²) in [4.78, 5) is 0. The molecule has 0 fully saturated rings. The first kappa shape index (κ1) is 15.8. The van der Waals surface area contributed by atoms with Crippen molar-refractivity contribution in [3.05, 3.63) is 68.1 Å². The quantitative estimate of drug-likeness (QED) is 0.825. The zero-order valence-corrected chi connectivity index (χ0v) is 13.7. The average Bonchev–Trinajstić information content (AvgIpc) is 2.44. The smallest absolute Gasteiger partial charge is 0.0885 e. The molecular weight excluding hydrogens is 361 g/mol. The van der Waals surface area contributed by atoms with Gasteiger partial charge in [-0.25, -0.2) is 0 Å². The predicted octanol–water partition coefficient (Wildman–Crippen LogP) is 4.53. The third kappa shape index (κ3) is 3.54. The van der Waals surface area contributed by atoms with Crippen LogP contribution in [0.15, 0.2) is 46.9 Å². The highest BCUT2D eigenvalue weighted by atomic mass is 79.9. The lowest BCUT2D eigenvalue weighted by atomic mass is 9.89. The molecule has 0 aromatic heterocycles. The number of halogens is 3. The Balaban J connectivity index is 2.35. The largest absolute Gasteiger partial charge is 0.388 e. The van der Waals surface area contributed by atoms with Crippen molar-refractivity contribution < 1.29 is 5.11 Å². The average molecular weight is 375 g/mol. The summed E-state index contributed by atoms with van der Waals surface area (Å²) >= 11 is 15.5. The Kier molecular flexibility index (Phi) is 5.47. The molecule has 0 amide bonds. The van der Waals surface area contributed by atoms with Gasteiger partial charge in [0.25, 0.3) is 0 Å². The first-order valence-corrected chi connectivity index (χ1v) is 7.66. The van der Waals surface area contributed by atoms with Crippen molar-refractivity contribution in [1.82, 2.24) is 0 Å². The molecule has 106 valence electrons. The lowest BCUT2D eigenvalue weighted by Crippen LogP contribution is -2.20. The van der Waals surface area contributed by atoms with Gasteiger partial charge in [0.05, 0.1) is 6.10 Å². The van der Waals surface area contributed by atoms with Gasteiger partial charge in [-0.3, -0.25) is 0 Å². The van der Waals surface area contributed by atoms with Crippen molar-refractivity contribution in [2.24, 2.45) is 5.73 Å². The van der Waals surface area contributed by atoms with E-state index in [-0.39, 0.29) is 5.92 Å². The van der Waals surface area contributed by atoms with Crippen LogP contribution < -0.4 is 5.73 Å². The summed E-state index contributed by atoms with van der Waals surface area (Å²) in [7, 11) is 0. The molecule has 0 aliphatic carbocycles. The van der Waals surface area contributed by atoms with Gasteiger partial charge in [-0.05, 0) is 35.9 Å². The van der Waals surface area contributed by atoms with Crippen molar-refractivity contribution in [2.45, 2.75) is 12.0 Å². The molecule has 2 aromatic rings. The molecule has 5 heteroatoms. The van der Waals surface area contributed by atoms with Crippen LogP contribution in [0.25, 0.3) is 0 Å². The number of nitrogens with two attached hydrogens (primary N) is 1. The van der Waals surface area contributed by atoms with Crippen LogP contribution in [0.5, 0.6) is 0 Å². The summed E-state index contributed by atoms with van der Waals surface area (Å²) in [6, 6.07) is 12.8. The molecule has 0 aliphatic rings. The van der Waals surface area contributed by atoms with Crippen LogP contribution in [0.4, 0.5) is 0 Å². The van der Waals surface area contributed by atoms with Crippen LogP contribution in [0.3, 0.4) is 0 Å². The summed E-state index contributed by atoms with van der Waals surface area (Å²) in [6.45, 7) is 0.311. The summed E-state index contributed by atoms with van der Waals surface area (Å²) in [5.74, 6) is -0.237. The summed E-state index contributed by atoms with van der Waals surface area (Å²) in [5.41, 5.74) is 7.37. The van der Waals surface area contributed by atoms with Crippen LogP contribution in [0.2, 0.25) is 10.0 Å². The third-order valence-corrected chi connectivity index (χ3v) is 4.32. The molecule has 0 saturated carbocycles. The normalized spacial score (nSPS) is 14.1. The molecule has 2 nitrogen and oxygen atoms in total. The van der Waals surface area contributed by atoms with Gasteiger partial charge in [-0.2, -0.15) is 0 Å². The van der Waals surface area contributed by atoms with Gasteiger partial charge in [-0.1, -0.05) is 51.3 Å². The Hall–Kier alpha value is -0.580. The predicted molar refractivity (Wildman–Crippen MR) is 87.4 cm³/mol. The Morgan fingerprint density at radius 3 is 2.35 bits per heavy atom. The fraction of sp³-hybridized carbons (Fsp3) is 0.200. The summed E-state index contributed by atoms with van der Waals surface area (Å²) < 4.78 is 0.979. The molecule has 2 atom stereocenters. The molecule has 3 N–H and O–H groups in total. The third-order valence-electron chi connectivity index (χ3n) is 3.21. The molecule has 0 saturated heterocycles. The SMILES string of the molecule is NCC(c1ccc(Br)cc1)C(O)c1cc(Cl)ccc1Cl. The first-order chi connectivity index (χ1) is 9.52. The van der Waals surface area contributed by atoms with E-state index >= 15 is 0 Å². The molecule has 0 radical (unpaired) electrons. The van der Waals surface area contributed by atoms with E-state index in [2.05, 4.69) is 15.9 Å². The monoisotopic (exact) mass is 373 g/mol. The molecule has 2 rings (SSSR count). The van der Waals surface area contributed by atoms with Crippen molar-refractivity contribution in [1.29, 1.82) is 0 Å². The first-order valence-electron chi connectivity index (χ1n) is 6.11. The molecular formula is C15H14BrCl2NO. The van der Waals surface area contributed by atoms with Gasteiger partial charge in [0, 0.05) is 32.5 Å². The van der Waals surface area contributed by atoms with Crippen molar-refractivity contribution in [3.63, 3.8) is 0 Å². The van der Waals surface area contributed by atoms with Crippen LogP contribution in [-0.2, 0) is 0 Å². The van der Waals surface area contributed by atoms with Gasteiger partial charge in [0.15, 0.2) is 0 Å². The number of hydrogen-bond acceptors (Lipinski definition) is 2. The van der Waals surface area contributed by atoms with Gasteiger partial charge < -0.3 is 10.8 Å². The van der Waals surface area contributed by atoms with Crippen molar-refractivity contribution >= 4 is 39.1 Å². The molecule has 2 aromatic carbocycles. The maximum atomic E-state index is 10.6. The van der Waals surface area contributed by atoms with Crippen LogP contribution in [0, 0.1) is 0 Å². The van der Waals surface area contributed by atoms with Crippen molar-refractivity contribution in [2.75, 3.05) is 6.54 Å². The van der Waals surface area contributed by atoms with Gasteiger partial charge >= 0.3 is 0 Å². The molecule has 0 bridgehead atoms. The Bertz CT molecular complexity index is 589. The van der Waals surface area contributed by atoms with E-state index < -0.39 is 6.10 Å². The van der Waals surface area contributed by atoms with E-state index in [1.807, 2.05) is 24.3 Å². The summed E-state index contributed by atoms with van der Waals surface area (Å²) in [6.07, 6.45) is -0.799. The van der Waals surface area contributed by atoms with Gasteiger partial charge in [0.1, 0.15) is 0 Å². The number of hydrogen-bond donors (Lipinski definition) is 2. The number of aliphatic hydroxyl groups excluding tert-OH is 1.